The zero-order chi connectivity index (χ0) is 26.0. The van der Waals surface area contributed by atoms with Gasteiger partial charge in [-0.15, -0.1) is 0 Å². The van der Waals surface area contributed by atoms with Crippen LogP contribution in [0.4, 0.5) is 17.1 Å². The van der Waals surface area contributed by atoms with Crippen molar-refractivity contribution in [2.45, 2.75) is 17.9 Å². The van der Waals surface area contributed by atoms with E-state index < -0.39 is 32.0 Å². The van der Waals surface area contributed by atoms with Crippen molar-refractivity contribution < 1.29 is 21.6 Å². The van der Waals surface area contributed by atoms with E-state index in [1.54, 1.807) is 0 Å². The molecule has 1 amide bonds. The van der Waals surface area contributed by atoms with Gasteiger partial charge in [0.1, 0.15) is 6.04 Å². The van der Waals surface area contributed by atoms with Crippen LogP contribution in [-0.4, -0.2) is 35.0 Å². The van der Waals surface area contributed by atoms with Crippen LogP contribution in [0.1, 0.15) is 6.92 Å². The van der Waals surface area contributed by atoms with Gasteiger partial charge >= 0.3 is 0 Å². The molecule has 0 aliphatic carbocycles. The van der Waals surface area contributed by atoms with Gasteiger partial charge in [0.2, 0.25) is 15.9 Å². The molecule has 0 fully saturated rings. The Morgan fingerprint density at radius 3 is 1.86 bits per heavy atom. The molecule has 3 rings (SSSR count). The first-order chi connectivity index (χ1) is 16.3. The van der Waals surface area contributed by atoms with E-state index in [1.807, 2.05) is 0 Å². The number of hydrogen-bond donors (Lipinski definition) is 2. The molecule has 35 heavy (non-hydrogen) atoms. The predicted molar refractivity (Wildman–Crippen MR) is 141 cm³/mol. The third-order valence-electron chi connectivity index (χ3n) is 4.72. The molecule has 0 spiro atoms. The number of sulfonamides is 2. The van der Waals surface area contributed by atoms with Gasteiger partial charge in [-0.3, -0.25) is 13.8 Å². The second-order valence-corrected chi connectivity index (χ2v) is 12.3. The normalized spacial score (nSPS) is 12.6. The SMILES string of the molecule is C[C@@H](C(=O)Nc1ccc(S(=O)(=O)Nc2cc(Cl)cc(Cl)c2)cc1)N(c1ccc(Cl)cc1)S(C)(=O)=O. The van der Waals surface area contributed by atoms with Crippen LogP contribution in [0.25, 0.3) is 0 Å². The molecule has 0 bridgehead atoms. The van der Waals surface area contributed by atoms with E-state index in [1.165, 1.54) is 73.7 Å². The van der Waals surface area contributed by atoms with Crippen molar-refractivity contribution in [1.82, 2.24) is 0 Å². The summed E-state index contributed by atoms with van der Waals surface area (Å²) in [5.74, 6) is -0.618. The molecule has 0 aromatic heterocycles. The molecule has 0 radical (unpaired) electrons. The first kappa shape index (κ1) is 27.1. The van der Waals surface area contributed by atoms with Crippen LogP contribution in [0, 0.1) is 0 Å². The maximum atomic E-state index is 12.8. The summed E-state index contributed by atoms with van der Waals surface area (Å²) >= 11 is 17.7. The third-order valence-corrected chi connectivity index (χ3v) is 8.04. The molecule has 186 valence electrons. The molecule has 3 aromatic rings. The van der Waals surface area contributed by atoms with Crippen molar-refractivity contribution in [3.05, 3.63) is 81.8 Å². The van der Waals surface area contributed by atoms with Gasteiger partial charge in [-0.05, 0) is 73.7 Å². The third kappa shape index (κ3) is 7.02. The number of halogens is 3. The zero-order valence-corrected chi connectivity index (χ0v) is 22.3. The van der Waals surface area contributed by atoms with E-state index in [2.05, 4.69) is 10.0 Å². The molecular formula is C22H20Cl3N3O5S2. The van der Waals surface area contributed by atoms with Crippen LogP contribution in [0.15, 0.2) is 71.6 Å². The molecule has 0 saturated heterocycles. The van der Waals surface area contributed by atoms with Crippen molar-refractivity contribution in [3.63, 3.8) is 0 Å². The molecule has 0 aliphatic heterocycles. The number of nitrogens with zero attached hydrogens (tertiary/aromatic N) is 1. The minimum atomic E-state index is -3.96. The van der Waals surface area contributed by atoms with E-state index >= 15 is 0 Å². The van der Waals surface area contributed by atoms with Crippen LogP contribution < -0.4 is 14.3 Å². The van der Waals surface area contributed by atoms with E-state index in [-0.39, 0.29) is 32.0 Å². The van der Waals surface area contributed by atoms with Gasteiger partial charge in [-0.1, -0.05) is 34.8 Å². The van der Waals surface area contributed by atoms with E-state index in [0.29, 0.717) is 5.02 Å². The minimum absolute atomic E-state index is 0.0708. The number of hydrogen-bond acceptors (Lipinski definition) is 5. The zero-order valence-electron chi connectivity index (χ0n) is 18.4. The second-order valence-electron chi connectivity index (χ2n) is 7.49. The summed E-state index contributed by atoms with van der Waals surface area (Å²) in [5.41, 5.74) is 0.737. The molecule has 1 atom stereocenters. The Morgan fingerprint density at radius 2 is 1.34 bits per heavy atom. The monoisotopic (exact) mass is 575 g/mol. The molecule has 0 unspecified atom stereocenters. The second kappa shape index (κ2) is 10.6. The quantitative estimate of drug-likeness (QED) is 0.381. The molecule has 0 heterocycles. The number of nitrogens with one attached hydrogen (secondary N) is 2. The number of rotatable bonds is 8. The highest BCUT2D eigenvalue weighted by Gasteiger charge is 2.29. The average molecular weight is 577 g/mol. The standard InChI is InChI=1S/C22H20Cl3N3O5S2/c1-14(28(34(2,30)31)20-7-3-15(23)4-8-20)22(29)26-18-5-9-21(10-6-18)35(32,33)27-19-12-16(24)11-17(25)13-19/h3-14,27H,1-2H3,(H,26,29)/t14-/m0/s1. The largest absolute Gasteiger partial charge is 0.324 e. The fourth-order valence-corrected chi connectivity index (χ4v) is 6.06. The fourth-order valence-electron chi connectivity index (χ4n) is 3.19. The maximum Gasteiger partial charge on any atom is 0.261 e. The number of carbonyl (C=O) groups is 1. The lowest BCUT2D eigenvalue weighted by Gasteiger charge is -2.28. The van der Waals surface area contributed by atoms with Gasteiger partial charge in [0.25, 0.3) is 10.0 Å². The topological polar surface area (TPSA) is 113 Å². The molecule has 13 heteroatoms. The molecular weight excluding hydrogens is 557 g/mol. The Bertz CT molecular complexity index is 1430. The van der Waals surface area contributed by atoms with Crippen molar-refractivity contribution in [2.75, 3.05) is 20.6 Å². The van der Waals surface area contributed by atoms with Crippen LogP contribution >= 0.6 is 34.8 Å². The Hall–Kier alpha value is -2.50. The summed E-state index contributed by atoms with van der Waals surface area (Å²) < 4.78 is 53.5. The first-order valence-electron chi connectivity index (χ1n) is 9.91. The highest BCUT2D eigenvalue weighted by Crippen LogP contribution is 2.26. The van der Waals surface area contributed by atoms with Crippen molar-refractivity contribution in [2.24, 2.45) is 0 Å². The lowest BCUT2D eigenvalue weighted by Crippen LogP contribution is -2.45. The summed E-state index contributed by atoms with van der Waals surface area (Å²) in [6, 6.07) is 14.6. The number of carbonyl (C=O) groups excluding carboxylic acids is 1. The van der Waals surface area contributed by atoms with Crippen molar-refractivity contribution >= 4 is 77.8 Å². The summed E-state index contributed by atoms with van der Waals surface area (Å²) in [5, 5.41) is 3.55. The van der Waals surface area contributed by atoms with E-state index in [4.69, 9.17) is 34.8 Å². The van der Waals surface area contributed by atoms with Gasteiger partial charge in [-0.2, -0.15) is 0 Å². The van der Waals surface area contributed by atoms with Gasteiger partial charge < -0.3 is 5.32 Å². The lowest BCUT2D eigenvalue weighted by molar-refractivity contribution is -0.116. The van der Waals surface area contributed by atoms with Gasteiger partial charge in [-0.25, -0.2) is 16.8 Å². The molecule has 2 N–H and O–H groups in total. The van der Waals surface area contributed by atoms with Crippen molar-refractivity contribution in [3.8, 4) is 0 Å². The van der Waals surface area contributed by atoms with Gasteiger partial charge in [0.05, 0.1) is 22.5 Å². The number of benzene rings is 3. The van der Waals surface area contributed by atoms with Gasteiger partial charge in [0.15, 0.2) is 0 Å². The fraction of sp³-hybridized carbons (Fsp3) is 0.136. The smallest absolute Gasteiger partial charge is 0.261 e. The summed E-state index contributed by atoms with van der Waals surface area (Å²) in [7, 11) is -7.77. The maximum absolute atomic E-state index is 12.8. The Kier molecular flexibility index (Phi) is 8.23. The highest BCUT2D eigenvalue weighted by molar-refractivity contribution is 7.92. The highest BCUT2D eigenvalue weighted by atomic mass is 35.5. The predicted octanol–water partition coefficient (Wildman–Crippen LogP) is 5.24. The molecule has 0 aliphatic rings. The van der Waals surface area contributed by atoms with E-state index in [0.717, 1.165) is 10.6 Å². The minimum Gasteiger partial charge on any atom is -0.324 e. The number of amides is 1. The molecule has 0 saturated carbocycles. The Labute approximate surface area is 218 Å². The first-order valence-corrected chi connectivity index (χ1v) is 14.4. The van der Waals surface area contributed by atoms with Crippen LogP contribution in [0.3, 0.4) is 0 Å². The summed E-state index contributed by atoms with van der Waals surface area (Å²) in [4.78, 5) is 12.8. The van der Waals surface area contributed by atoms with Crippen molar-refractivity contribution in [1.29, 1.82) is 0 Å². The number of anilines is 3. The van der Waals surface area contributed by atoms with Crippen LogP contribution in [0.5, 0.6) is 0 Å². The summed E-state index contributed by atoms with van der Waals surface area (Å²) in [6.45, 7) is 1.43. The molecule has 3 aromatic carbocycles. The van der Waals surface area contributed by atoms with Crippen LogP contribution in [-0.2, 0) is 24.8 Å². The summed E-state index contributed by atoms with van der Waals surface area (Å²) in [6.07, 6.45) is 0.991. The lowest BCUT2D eigenvalue weighted by atomic mass is 10.2. The van der Waals surface area contributed by atoms with Crippen LogP contribution in [0.2, 0.25) is 15.1 Å². The van der Waals surface area contributed by atoms with Gasteiger partial charge in [0, 0.05) is 20.8 Å². The molecule has 8 nitrogen and oxygen atoms in total. The average Bonchev–Trinajstić information content (AvgIpc) is 2.73. The Balaban J connectivity index is 1.76. The Morgan fingerprint density at radius 1 is 0.800 bits per heavy atom. The van der Waals surface area contributed by atoms with E-state index in [9.17, 15) is 21.6 Å².